The molecule has 29 heavy (non-hydrogen) atoms. The number of aromatic nitrogens is 1. The van der Waals surface area contributed by atoms with Crippen molar-refractivity contribution in [3.8, 4) is 5.75 Å². The summed E-state index contributed by atoms with van der Waals surface area (Å²) in [6, 6.07) is 14.3. The maximum atomic E-state index is 13.9. The SMILES string of the molecule is COc1ccc2[nH]c3c(c2c1)CCN[C@@]31C(=O)N(CCC(C)C)c2ccccc21. The number of methoxy groups -OCH3 is 1. The minimum absolute atomic E-state index is 0.124. The molecule has 3 aromatic rings. The topological polar surface area (TPSA) is 57.4 Å². The number of aromatic amines is 1. The molecule has 5 rings (SSSR count). The zero-order valence-corrected chi connectivity index (χ0v) is 17.2. The molecular weight excluding hydrogens is 362 g/mol. The van der Waals surface area contributed by atoms with E-state index in [1.54, 1.807) is 7.11 Å². The second kappa shape index (κ2) is 6.63. The summed E-state index contributed by atoms with van der Waals surface area (Å²) in [7, 11) is 1.69. The number of hydrogen-bond acceptors (Lipinski definition) is 3. The predicted molar refractivity (Wildman–Crippen MR) is 116 cm³/mol. The Balaban J connectivity index is 1.71. The number of fused-ring (bicyclic) bond motifs is 6. The molecule has 2 aliphatic heterocycles. The molecule has 5 nitrogen and oxygen atoms in total. The molecule has 2 aliphatic rings. The van der Waals surface area contributed by atoms with E-state index in [0.29, 0.717) is 5.92 Å². The lowest BCUT2D eigenvalue weighted by molar-refractivity contribution is -0.123. The molecule has 1 aromatic heterocycles. The van der Waals surface area contributed by atoms with Crippen molar-refractivity contribution < 1.29 is 9.53 Å². The Bertz CT molecular complexity index is 1100. The zero-order valence-electron chi connectivity index (χ0n) is 17.2. The quantitative estimate of drug-likeness (QED) is 0.710. The summed E-state index contributed by atoms with van der Waals surface area (Å²) in [6.45, 7) is 5.89. The lowest BCUT2D eigenvalue weighted by Gasteiger charge is -2.34. The summed E-state index contributed by atoms with van der Waals surface area (Å²) >= 11 is 0. The van der Waals surface area contributed by atoms with Crippen LogP contribution in [0.1, 0.15) is 37.1 Å². The average Bonchev–Trinajstić information content (AvgIpc) is 3.22. The Kier molecular flexibility index (Phi) is 4.17. The number of rotatable bonds is 4. The summed E-state index contributed by atoms with van der Waals surface area (Å²) in [5, 5.41) is 4.75. The van der Waals surface area contributed by atoms with E-state index < -0.39 is 5.54 Å². The van der Waals surface area contributed by atoms with Gasteiger partial charge in [-0.05, 0) is 48.6 Å². The first kappa shape index (κ1) is 18.3. The molecule has 0 unspecified atom stereocenters. The number of nitrogens with zero attached hydrogens (tertiary/aromatic N) is 1. The van der Waals surface area contributed by atoms with Gasteiger partial charge in [-0.15, -0.1) is 0 Å². The van der Waals surface area contributed by atoms with E-state index in [9.17, 15) is 4.79 Å². The van der Waals surface area contributed by atoms with Crippen molar-refractivity contribution in [1.29, 1.82) is 0 Å². The van der Waals surface area contributed by atoms with Gasteiger partial charge in [0.1, 0.15) is 5.75 Å². The highest BCUT2D eigenvalue weighted by molar-refractivity contribution is 6.11. The first-order valence-corrected chi connectivity index (χ1v) is 10.4. The van der Waals surface area contributed by atoms with Crippen LogP contribution >= 0.6 is 0 Å². The smallest absolute Gasteiger partial charge is 0.258 e. The number of para-hydroxylation sites is 1. The van der Waals surface area contributed by atoms with Crippen LogP contribution in [0.2, 0.25) is 0 Å². The van der Waals surface area contributed by atoms with Crippen LogP contribution in [0.25, 0.3) is 10.9 Å². The van der Waals surface area contributed by atoms with Gasteiger partial charge in [0.2, 0.25) is 0 Å². The monoisotopic (exact) mass is 389 g/mol. The maximum Gasteiger partial charge on any atom is 0.258 e. The molecule has 0 saturated carbocycles. The van der Waals surface area contributed by atoms with Crippen LogP contribution in [0.3, 0.4) is 0 Å². The van der Waals surface area contributed by atoms with Crippen molar-refractivity contribution in [2.45, 2.75) is 32.2 Å². The van der Waals surface area contributed by atoms with E-state index >= 15 is 0 Å². The van der Waals surface area contributed by atoms with E-state index in [2.05, 4.69) is 42.3 Å². The minimum atomic E-state index is -0.840. The van der Waals surface area contributed by atoms with Gasteiger partial charge >= 0.3 is 0 Å². The van der Waals surface area contributed by atoms with Crippen molar-refractivity contribution >= 4 is 22.5 Å². The van der Waals surface area contributed by atoms with Crippen molar-refractivity contribution in [3.05, 3.63) is 59.3 Å². The fourth-order valence-corrected chi connectivity index (χ4v) is 4.87. The molecule has 2 aromatic carbocycles. The number of carbonyl (C=O) groups is 1. The number of carbonyl (C=O) groups excluding carboxylic acids is 1. The minimum Gasteiger partial charge on any atom is -0.497 e. The Morgan fingerprint density at radius 3 is 2.83 bits per heavy atom. The summed E-state index contributed by atoms with van der Waals surface area (Å²) in [5.74, 6) is 1.50. The van der Waals surface area contributed by atoms with Crippen molar-refractivity contribution in [1.82, 2.24) is 10.3 Å². The number of anilines is 1. The van der Waals surface area contributed by atoms with Gasteiger partial charge in [0.25, 0.3) is 5.91 Å². The number of amides is 1. The van der Waals surface area contributed by atoms with Gasteiger partial charge in [0.15, 0.2) is 5.54 Å². The van der Waals surface area contributed by atoms with E-state index in [1.807, 2.05) is 29.2 Å². The van der Waals surface area contributed by atoms with Crippen LogP contribution in [-0.2, 0) is 16.8 Å². The van der Waals surface area contributed by atoms with Gasteiger partial charge in [-0.25, -0.2) is 0 Å². The van der Waals surface area contributed by atoms with Gasteiger partial charge in [0, 0.05) is 35.2 Å². The lowest BCUT2D eigenvalue weighted by Crippen LogP contribution is -2.55. The molecule has 1 atom stereocenters. The van der Waals surface area contributed by atoms with Gasteiger partial charge < -0.3 is 14.6 Å². The highest BCUT2D eigenvalue weighted by Crippen LogP contribution is 2.48. The maximum absolute atomic E-state index is 13.9. The molecule has 1 amide bonds. The van der Waals surface area contributed by atoms with Crippen LogP contribution in [0.4, 0.5) is 5.69 Å². The molecule has 1 spiro atoms. The Labute approximate surface area is 171 Å². The first-order chi connectivity index (χ1) is 14.1. The normalized spacial score (nSPS) is 20.6. The van der Waals surface area contributed by atoms with Gasteiger partial charge in [-0.3, -0.25) is 10.1 Å². The van der Waals surface area contributed by atoms with Crippen LogP contribution < -0.4 is 15.0 Å². The van der Waals surface area contributed by atoms with Crippen molar-refractivity contribution in [2.75, 3.05) is 25.1 Å². The molecule has 0 fully saturated rings. The van der Waals surface area contributed by atoms with Crippen LogP contribution in [0.15, 0.2) is 42.5 Å². The first-order valence-electron chi connectivity index (χ1n) is 10.4. The Morgan fingerprint density at radius 1 is 1.21 bits per heavy atom. The third kappa shape index (κ3) is 2.53. The number of nitrogens with one attached hydrogen (secondary N) is 2. The molecule has 0 bridgehead atoms. The molecular formula is C24H27N3O2. The third-order valence-corrected chi connectivity index (χ3v) is 6.35. The fourth-order valence-electron chi connectivity index (χ4n) is 4.87. The Morgan fingerprint density at radius 2 is 2.03 bits per heavy atom. The van der Waals surface area contributed by atoms with Crippen molar-refractivity contribution in [3.63, 3.8) is 0 Å². The zero-order chi connectivity index (χ0) is 20.2. The summed E-state index contributed by atoms with van der Waals surface area (Å²) in [6.07, 6.45) is 1.86. The second-order valence-corrected chi connectivity index (χ2v) is 8.47. The van der Waals surface area contributed by atoms with E-state index in [0.717, 1.165) is 59.5 Å². The summed E-state index contributed by atoms with van der Waals surface area (Å²) < 4.78 is 5.44. The van der Waals surface area contributed by atoms with Crippen molar-refractivity contribution in [2.24, 2.45) is 5.92 Å². The number of ether oxygens (including phenoxy) is 1. The molecule has 0 saturated heterocycles. The van der Waals surface area contributed by atoms with Crippen LogP contribution in [-0.4, -0.2) is 31.1 Å². The largest absolute Gasteiger partial charge is 0.497 e. The molecule has 0 radical (unpaired) electrons. The molecule has 2 N–H and O–H groups in total. The van der Waals surface area contributed by atoms with E-state index in [1.165, 1.54) is 5.56 Å². The second-order valence-electron chi connectivity index (χ2n) is 8.47. The highest BCUT2D eigenvalue weighted by Gasteiger charge is 2.55. The number of H-pyrrole nitrogens is 1. The third-order valence-electron chi connectivity index (χ3n) is 6.35. The summed E-state index contributed by atoms with van der Waals surface area (Å²) in [5.41, 5.74) is 4.48. The van der Waals surface area contributed by atoms with Gasteiger partial charge in [-0.2, -0.15) is 0 Å². The summed E-state index contributed by atoms with van der Waals surface area (Å²) in [4.78, 5) is 19.5. The standard InChI is InChI=1S/C24H27N3O2/c1-15(2)11-13-27-21-7-5-4-6-19(21)24(23(27)28)22-17(10-12-25-24)18-14-16(29-3)8-9-20(18)26-22/h4-9,14-15,25-26H,10-13H2,1-3H3/t24-/m1/s1. The van der Waals surface area contributed by atoms with Crippen LogP contribution in [0, 0.1) is 5.92 Å². The Hall–Kier alpha value is -2.79. The molecule has 0 aliphatic carbocycles. The predicted octanol–water partition coefficient (Wildman–Crippen LogP) is 3.96. The number of hydrogen-bond donors (Lipinski definition) is 2. The average molecular weight is 389 g/mol. The fraction of sp³-hybridized carbons (Fsp3) is 0.375. The van der Waals surface area contributed by atoms with Crippen LogP contribution in [0.5, 0.6) is 5.75 Å². The van der Waals surface area contributed by atoms with E-state index in [4.69, 9.17) is 4.74 Å². The van der Waals surface area contributed by atoms with E-state index in [-0.39, 0.29) is 5.91 Å². The van der Waals surface area contributed by atoms with Gasteiger partial charge in [-0.1, -0.05) is 32.0 Å². The highest BCUT2D eigenvalue weighted by atomic mass is 16.5. The molecule has 5 heteroatoms. The number of benzene rings is 2. The molecule has 150 valence electrons. The van der Waals surface area contributed by atoms with Gasteiger partial charge in [0.05, 0.1) is 12.8 Å². The molecule has 3 heterocycles. The lowest BCUT2D eigenvalue weighted by atomic mass is 9.82.